The third-order valence-corrected chi connectivity index (χ3v) is 3.95. The molecule has 1 unspecified atom stereocenters. The van der Waals surface area contributed by atoms with Crippen LogP contribution in [0.3, 0.4) is 0 Å². The maximum absolute atomic E-state index is 11.8. The number of benzene rings is 2. The molecule has 1 aliphatic carbocycles. The topological polar surface area (TPSA) is 64.3 Å². The van der Waals surface area contributed by atoms with E-state index >= 15 is 0 Å². The molecule has 21 heavy (non-hydrogen) atoms. The Hall–Kier alpha value is -2.49. The lowest BCUT2D eigenvalue weighted by Crippen LogP contribution is -2.24. The van der Waals surface area contributed by atoms with Gasteiger partial charge in [-0.15, -0.1) is 0 Å². The number of fused-ring (bicyclic) bond motifs is 1. The molecule has 0 fully saturated rings. The molecule has 2 aromatic carbocycles. The molecule has 1 aliphatic rings. The fourth-order valence-electron chi connectivity index (χ4n) is 2.77. The van der Waals surface area contributed by atoms with Gasteiger partial charge in [-0.2, -0.15) is 0 Å². The minimum Gasteiger partial charge on any atom is -0.465 e. The van der Waals surface area contributed by atoms with Crippen LogP contribution in [0.4, 0.5) is 11.4 Å². The number of rotatable bonds is 4. The molecule has 0 heterocycles. The Morgan fingerprint density at radius 1 is 1.33 bits per heavy atom. The smallest absolute Gasteiger partial charge is 0.340 e. The molecule has 0 aromatic heterocycles. The number of nitrogens with one attached hydrogen (secondary N) is 1. The number of nitrogens with two attached hydrogens (primary N) is 1. The standard InChI is InChI=1S/C17H18N2O2/c1-21-17(20)15-9-13(18)6-7-16(15)19-10-12-8-11-4-2-3-5-14(11)12/h2-7,9,12,19H,8,10,18H2,1H3. The van der Waals surface area contributed by atoms with Crippen molar-refractivity contribution in [2.45, 2.75) is 12.3 Å². The number of nitrogen functional groups attached to an aromatic ring is 1. The van der Waals surface area contributed by atoms with Gasteiger partial charge in [0.2, 0.25) is 0 Å². The van der Waals surface area contributed by atoms with E-state index in [9.17, 15) is 4.79 Å². The Labute approximate surface area is 123 Å². The fourth-order valence-corrected chi connectivity index (χ4v) is 2.77. The SMILES string of the molecule is COC(=O)c1cc(N)ccc1NCC1Cc2ccccc21. The van der Waals surface area contributed by atoms with Crippen molar-refractivity contribution >= 4 is 17.3 Å². The van der Waals surface area contributed by atoms with Crippen LogP contribution in [-0.2, 0) is 11.2 Å². The predicted molar refractivity (Wildman–Crippen MR) is 83.6 cm³/mol. The lowest BCUT2D eigenvalue weighted by atomic mass is 9.77. The molecule has 1 atom stereocenters. The van der Waals surface area contributed by atoms with Gasteiger partial charge in [0.15, 0.2) is 0 Å². The summed E-state index contributed by atoms with van der Waals surface area (Å²) in [5.41, 5.74) is 10.3. The van der Waals surface area contributed by atoms with Crippen molar-refractivity contribution in [2.75, 3.05) is 24.7 Å². The Morgan fingerprint density at radius 2 is 2.14 bits per heavy atom. The summed E-state index contributed by atoms with van der Waals surface area (Å²) in [5, 5.41) is 3.34. The number of esters is 1. The first-order valence-corrected chi connectivity index (χ1v) is 6.98. The van der Waals surface area contributed by atoms with Gasteiger partial charge in [-0.1, -0.05) is 24.3 Å². The van der Waals surface area contributed by atoms with Gasteiger partial charge < -0.3 is 15.8 Å². The molecule has 108 valence electrons. The van der Waals surface area contributed by atoms with Crippen molar-refractivity contribution in [3.05, 3.63) is 59.2 Å². The highest BCUT2D eigenvalue weighted by Crippen LogP contribution is 2.35. The normalized spacial score (nSPS) is 15.8. The minimum absolute atomic E-state index is 0.376. The molecule has 0 bridgehead atoms. The van der Waals surface area contributed by atoms with Crippen LogP contribution in [0.5, 0.6) is 0 Å². The summed E-state index contributed by atoms with van der Waals surface area (Å²) in [7, 11) is 1.37. The molecule has 0 radical (unpaired) electrons. The first-order valence-electron chi connectivity index (χ1n) is 6.98. The molecule has 3 rings (SSSR count). The zero-order valence-corrected chi connectivity index (χ0v) is 11.9. The average Bonchev–Trinajstić information content (AvgIpc) is 2.48. The van der Waals surface area contributed by atoms with Crippen molar-refractivity contribution in [1.82, 2.24) is 0 Å². The van der Waals surface area contributed by atoms with Crippen LogP contribution in [0.15, 0.2) is 42.5 Å². The molecule has 3 N–H and O–H groups in total. The Bertz CT molecular complexity index is 682. The van der Waals surface area contributed by atoms with Crippen molar-refractivity contribution in [3.63, 3.8) is 0 Å². The maximum atomic E-state index is 11.8. The molecule has 0 saturated carbocycles. The molecular formula is C17H18N2O2. The van der Waals surface area contributed by atoms with Gasteiger partial charge in [0, 0.05) is 23.8 Å². The fraction of sp³-hybridized carbons (Fsp3) is 0.235. The van der Waals surface area contributed by atoms with E-state index in [1.807, 2.05) is 6.07 Å². The number of hydrogen-bond acceptors (Lipinski definition) is 4. The second-order valence-electron chi connectivity index (χ2n) is 5.28. The van der Waals surface area contributed by atoms with Gasteiger partial charge in [-0.25, -0.2) is 4.79 Å². The number of methoxy groups -OCH3 is 1. The number of carbonyl (C=O) groups excluding carboxylic acids is 1. The predicted octanol–water partition coefficient (Wildman–Crippen LogP) is 2.81. The number of ether oxygens (including phenoxy) is 1. The number of carbonyl (C=O) groups is 1. The zero-order valence-electron chi connectivity index (χ0n) is 11.9. The highest BCUT2D eigenvalue weighted by molar-refractivity contribution is 5.96. The Balaban J connectivity index is 1.73. The van der Waals surface area contributed by atoms with Gasteiger partial charge >= 0.3 is 5.97 Å². The summed E-state index contributed by atoms with van der Waals surface area (Å²) in [4.78, 5) is 11.8. The summed E-state index contributed by atoms with van der Waals surface area (Å²) < 4.78 is 4.80. The summed E-state index contributed by atoms with van der Waals surface area (Å²) in [6, 6.07) is 13.7. The van der Waals surface area contributed by atoms with E-state index in [0.29, 0.717) is 17.2 Å². The molecule has 0 saturated heterocycles. The van der Waals surface area contributed by atoms with Crippen LogP contribution < -0.4 is 11.1 Å². The van der Waals surface area contributed by atoms with Crippen molar-refractivity contribution in [3.8, 4) is 0 Å². The average molecular weight is 282 g/mol. The molecule has 4 nitrogen and oxygen atoms in total. The van der Waals surface area contributed by atoms with Gasteiger partial charge in [0.1, 0.15) is 0 Å². The van der Waals surface area contributed by atoms with Crippen LogP contribution in [0, 0.1) is 0 Å². The number of hydrogen-bond donors (Lipinski definition) is 2. The second-order valence-corrected chi connectivity index (χ2v) is 5.28. The van der Waals surface area contributed by atoms with Gasteiger partial charge in [-0.05, 0) is 35.7 Å². The van der Waals surface area contributed by atoms with Crippen LogP contribution >= 0.6 is 0 Å². The molecular weight excluding hydrogens is 264 g/mol. The maximum Gasteiger partial charge on any atom is 0.340 e. The van der Waals surface area contributed by atoms with Crippen molar-refractivity contribution in [2.24, 2.45) is 0 Å². The van der Waals surface area contributed by atoms with Gasteiger partial charge in [-0.3, -0.25) is 0 Å². The summed E-state index contributed by atoms with van der Waals surface area (Å²) in [6.07, 6.45) is 1.08. The monoisotopic (exact) mass is 282 g/mol. The molecule has 2 aromatic rings. The Morgan fingerprint density at radius 3 is 2.90 bits per heavy atom. The van der Waals surface area contributed by atoms with E-state index < -0.39 is 0 Å². The minimum atomic E-state index is -0.376. The van der Waals surface area contributed by atoms with Crippen LogP contribution in [0.1, 0.15) is 27.4 Å². The lowest BCUT2D eigenvalue weighted by Gasteiger charge is -2.30. The molecule has 0 amide bonds. The van der Waals surface area contributed by atoms with E-state index in [-0.39, 0.29) is 5.97 Å². The van der Waals surface area contributed by atoms with Gasteiger partial charge in [0.25, 0.3) is 0 Å². The summed E-state index contributed by atoms with van der Waals surface area (Å²) in [5.74, 6) is 0.114. The van der Waals surface area contributed by atoms with E-state index in [2.05, 4.69) is 29.6 Å². The highest BCUT2D eigenvalue weighted by atomic mass is 16.5. The van der Waals surface area contributed by atoms with Crippen molar-refractivity contribution in [1.29, 1.82) is 0 Å². The second kappa shape index (κ2) is 5.48. The quantitative estimate of drug-likeness (QED) is 0.668. The van der Waals surface area contributed by atoms with Crippen LogP contribution in [-0.4, -0.2) is 19.6 Å². The van der Waals surface area contributed by atoms with Gasteiger partial charge in [0.05, 0.1) is 12.7 Å². The molecule has 0 spiro atoms. The Kier molecular flexibility index (Phi) is 3.52. The van der Waals surface area contributed by atoms with E-state index in [0.717, 1.165) is 18.7 Å². The highest BCUT2D eigenvalue weighted by Gasteiger charge is 2.25. The third-order valence-electron chi connectivity index (χ3n) is 3.95. The number of anilines is 2. The molecule has 4 heteroatoms. The van der Waals surface area contributed by atoms with E-state index in [4.69, 9.17) is 10.5 Å². The van der Waals surface area contributed by atoms with Crippen LogP contribution in [0.2, 0.25) is 0 Å². The largest absolute Gasteiger partial charge is 0.465 e. The van der Waals surface area contributed by atoms with Crippen LogP contribution in [0.25, 0.3) is 0 Å². The first-order chi connectivity index (χ1) is 10.2. The van der Waals surface area contributed by atoms with E-state index in [1.54, 1.807) is 12.1 Å². The summed E-state index contributed by atoms with van der Waals surface area (Å²) in [6.45, 7) is 0.797. The zero-order chi connectivity index (χ0) is 14.8. The van der Waals surface area contributed by atoms with Crippen molar-refractivity contribution < 1.29 is 9.53 Å². The first kappa shape index (κ1) is 13.5. The summed E-state index contributed by atoms with van der Waals surface area (Å²) >= 11 is 0. The lowest BCUT2D eigenvalue weighted by molar-refractivity contribution is 0.0602. The molecule has 0 aliphatic heterocycles. The van der Waals surface area contributed by atoms with E-state index in [1.165, 1.54) is 18.2 Å². The third kappa shape index (κ3) is 2.57.